The molecule has 128 valence electrons. The summed E-state index contributed by atoms with van der Waals surface area (Å²) in [6, 6.07) is 9.66. The molecule has 0 spiro atoms. The van der Waals surface area contributed by atoms with E-state index in [1.165, 1.54) is 0 Å². The number of piperidine rings is 1. The number of methoxy groups -OCH3 is 1. The minimum atomic E-state index is 0.0436. The molecule has 0 unspecified atom stereocenters. The van der Waals surface area contributed by atoms with Gasteiger partial charge in [0.05, 0.1) is 13.7 Å². The minimum absolute atomic E-state index is 0.0436. The van der Waals surface area contributed by atoms with E-state index < -0.39 is 0 Å². The molecule has 1 aliphatic rings. The second-order valence-corrected chi connectivity index (χ2v) is 6.04. The number of likely N-dealkylation sites (tertiary alicyclic amines) is 1. The second-order valence-electron chi connectivity index (χ2n) is 6.04. The van der Waals surface area contributed by atoms with Gasteiger partial charge in [0.15, 0.2) is 0 Å². The zero-order valence-corrected chi connectivity index (χ0v) is 13.9. The maximum Gasteiger partial charge on any atom is 0.248 e. The van der Waals surface area contributed by atoms with Gasteiger partial charge in [0, 0.05) is 30.9 Å². The molecule has 1 saturated heterocycles. The molecule has 1 amide bonds. The van der Waals surface area contributed by atoms with E-state index in [0.29, 0.717) is 12.5 Å². The van der Waals surface area contributed by atoms with Crippen LogP contribution < -0.4 is 4.74 Å². The molecule has 1 N–H and O–H groups in total. The summed E-state index contributed by atoms with van der Waals surface area (Å²) < 4.78 is 10.8. The number of nitrogens with one attached hydrogen (secondary N) is 1. The number of benzene rings is 1. The molecule has 0 radical (unpaired) electrons. The first-order valence-electron chi connectivity index (χ1n) is 8.24. The van der Waals surface area contributed by atoms with Crippen LogP contribution in [-0.4, -0.2) is 47.8 Å². The van der Waals surface area contributed by atoms with Gasteiger partial charge in [-0.25, -0.2) is 0 Å². The van der Waals surface area contributed by atoms with Crippen LogP contribution in [0.5, 0.6) is 5.75 Å². The van der Waals surface area contributed by atoms with Crippen LogP contribution in [0, 0.1) is 0 Å². The summed E-state index contributed by atoms with van der Waals surface area (Å²) in [5.41, 5.74) is 2.10. The lowest BCUT2D eigenvalue weighted by Crippen LogP contribution is -2.41. The van der Waals surface area contributed by atoms with Gasteiger partial charge in [0.2, 0.25) is 5.91 Å². The van der Waals surface area contributed by atoms with Crippen molar-refractivity contribution in [3.8, 4) is 5.75 Å². The Kier molecular flexibility index (Phi) is 5.48. The highest BCUT2D eigenvalue weighted by atomic mass is 16.5. The highest BCUT2D eigenvalue weighted by Gasteiger charge is 2.25. The fraction of sp³-hybridized carbons (Fsp3) is 0.444. The summed E-state index contributed by atoms with van der Waals surface area (Å²) in [6.45, 7) is 2.03. The Morgan fingerprint density at radius 1 is 1.42 bits per heavy atom. The van der Waals surface area contributed by atoms with Gasteiger partial charge in [-0.05, 0) is 36.6 Å². The van der Waals surface area contributed by atoms with Gasteiger partial charge in [-0.15, -0.1) is 0 Å². The van der Waals surface area contributed by atoms with Crippen molar-refractivity contribution in [3.05, 3.63) is 47.8 Å². The number of amides is 1. The minimum Gasteiger partial charge on any atom is -0.497 e. The third-order valence-corrected chi connectivity index (χ3v) is 4.36. The lowest BCUT2D eigenvalue weighted by atomic mass is 9.95. The van der Waals surface area contributed by atoms with Gasteiger partial charge in [-0.3, -0.25) is 9.89 Å². The number of aromatic amines is 1. The average Bonchev–Trinajstić information content (AvgIpc) is 3.17. The van der Waals surface area contributed by atoms with Gasteiger partial charge in [-0.1, -0.05) is 12.1 Å². The van der Waals surface area contributed by atoms with E-state index in [-0.39, 0.29) is 12.5 Å². The number of carbonyl (C=O) groups is 1. The second kappa shape index (κ2) is 7.97. The molecule has 6 heteroatoms. The summed E-state index contributed by atoms with van der Waals surface area (Å²) >= 11 is 0. The molecule has 6 nitrogen and oxygen atoms in total. The first-order valence-corrected chi connectivity index (χ1v) is 8.24. The number of hydrogen-bond donors (Lipinski definition) is 1. The van der Waals surface area contributed by atoms with Crippen molar-refractivity contribution in [1.29, 1.82) is 0 Å². The van der Waals surface area contributed by atoms with E-state index in [9.17, 15) is 4.79 Å². The largest absolute Gasteiger partial charge is 0.497 e. The maximum atomic E-state index is 12.4. The Labute approximate surface area is 141 Å². The number of carbonyl (C=O) groups excluding carboxylic acids is 1. The maximum absolute atomic E-state index is 12.4. The molecular formula is C18H23N3O3. The summed E-state index contributed by atoms with van der Waals surface area (Å²) in [6.07, 6.45) is 3.84. The third-order valence-electron chi connectivity index (χ3n) is 4.36. The summed E-state index contributed by atoms with van der Waals surface area (Å²) in [5.74, 6) is 1.17. The van der Waals surface area contributed by atoms with Crippen molar-refractivity contribution in [3.63, 3.8) is 0 Å². The van der Waals surface area contributed by atoms with E-state index in [1.54, 1.807) is 13.3 Å². The van der Waals surface area contributed by atoms with Crippen LogP contribution in [0.2, 0.25) is 0 Å². The zero-order valence-electron chi connectivity index (χ0n) is 13.9. The van der Waals surface area contributed by atoms with E-state index in [0.717, 1.165) is 42.9 Å². The van der Waals surface area contributed by atoms with Gasteiger partial charge < -0.3 is 14.4 Å². The quantitative estimate of drug-likeness (QED) is 0.883. The smallest absolute Gasteiger partial charge is 0.248 e. The van der Waals surface area contributed by atoms with Crippen LogP contribution >= 0.6 is 0 Å². The highest BCUT2D eigenvalue weighted by molar-refractivity contribution is 5.77. The van der Waals surface area contributed by atoms with Crippen LogP contribution in [-0.2, 0) is 16.1 Å². The Bertz CT molecular complexity index is 657. The van der Waals surface area contributed by atoms with Gasteiger partial charge in [0.1, 0.15) is 12.4 Å². The van der Waals surface area contributed by atoms with Crippen molar-refractivity contribution in [2.45, 2.75) is 25.4 Å². The summed E-state index contributed by atoms with van der Waals surface area (Å²) in [4.78, 5) is 14.3. The monoisotopic (exact) mass is 329 g/mol. The lowest BCUT2D eigenvalue weighted by molar-refractivity contribution is -0.137. The fourth-order valence-electron chi connectivity index (χ4n) is 3.06. The Morgan fingerprint density at radius 3 is 3.12 bits per heavy atom. The molecule has 0 bridgehead atoms. The number of nitrogens with zero attached hydrogens (tertiary/aromatic N) is 2. The SMILES string of the molecule is COc1cccc(COCC(=O)N2CCC[C@H](c3ccn[nH]3)C2)c1. The van der Waals surface area contributed by atoms with Crippen LogP contribution in [0.15, 0.2) is 36.5 Å². The number of aromatic nitrogens is 2. The van der Waals surface area contributed by atoms with Crippen LogP contribution in [0.1, 0.15) is 30.0 Å². The highest BCUT2D eigenvalue weighted by Crippen LogP contribution is 2.25. The molecule has 1 aromatic heterocycles. The number of hydrogen-bond acceptors (Lipinski definition) is 4. The first kappa shape index (κ1) is 16.5. The summed E-state index contributed by atoms with van der Waals surface area (Å²) in [5, 5.41) is 7.01. The molecular weight excluding hydrogens is 306 g/mol. The Hall–Kier alpha value is -2.34. The molecule has 1 aliphatic heterocycles. The predicted molar refractivity (Wildman–Crippen MR) is 89.8 cm³/mol. The van der Waals surface area contributed by atoms with Gasteiger partial charge >= 0.3 is 0 Å². The van der Waals surface area contributed by atoms with Crippen molar-refractivity contribution in [1.82, 2.24) is 15.1 Å². The number of rotatable bonds is 6. The average molecular weight is 329 g/mol. The fourth-order valence-corrected chi connectivity index (χ4v) is 3.06. The zero-order chi connectivity index (χ0) is 16.8. The molecule has 0 aliphatic carbocycles. The predicted octanol–water partition coefficient (Wildman–Crippen LogP) is 2.34. The molecule has 1 fully saturated rings. The van der Waals surface area contributed by atoms with E-state index in [1.807, 2.05) is 35.2 Å². The standard InChI is InChI=1S/C18H23N3O3/c1-23-16-6-2-4-14(10-16)12-24-13-18(22)21-9-3-5-15(11-21)17-7-8-19-20-17/h2,4,6-8,10,15H,3,5,9,11-13H2,1H3,(H,19,20)/t15-/m0/s1. The topological polar surface area (TPSA) is 67.5 Å². The molecule has 24 heavy (non-hydrogen) atoms. The normalized spacial score (nSPS) is 17.7. The van der Waals surface area contributed by atoms with E-state index in [2.05, 4.69) is 10.2 Å². The molecule has 3 rings (SSSR count). The first-order chi connectivity index (χ1) is 11.8. The number of ether oxygens (including phenoxy) is 2. The van der Waals surface area contributed by atoms with Crippen LogP contribution in [0.4, 0.5) is 0 Å². The Balaban J connectivity index is 1.47. The van der Waals surface area contributed by atoms with Crippen molar-refractivity contribution < 1.29 is 14.3 Å². The van der Waals surface area contributed by atoms with Crippen LogP contribution in [0.25, 0.3) is 0 Å². The van der Waals surface area contributed by atoms with Crippen molar-refractivity contribution in [2.24, 2.45) is 0 Å². The van der Waals surface area contributed by atoms with Gasteiger partial charge in [0.25, 0.3) is 0 Å². The third kappa shape index (κ3) is 4.14. The molecule has 0 saturated carbocycles. The molecule has 1 atom stereocenters. The molecule has 2 aromatic rings. The van der Waals surface area contributed by atoms with Crippen molar-refractivity contribution >= 4 is 5.91 Å². The Morgan fingerprint density at radius 2 is 2.33 bits per heavy atom. The molecule has 2 heterocycles. The van der Waals surface area contributed by atoms with Crippen molar-refractivity contribution in [2.75, 3.05) is 26.8 Å². The number of H-pyrrole nitrogens is 1. The van der Waals surface area contributed by atoms with Crippen LogP contribution in [0.3, 0.4) is 0 Å². The van der Waals surface area contributed by atoms with E-state index in [4.69, 9.17) is 9.47 Å². The van der Waals surface area contributed by atoms with Gasteiger partial charge in [-0.2, -0.15) is 5.10 Å². The molecule has 1 aromatic carbocycles. The lowest BCUT2D eigenvalue weighted by Gasteiger charge is -2.32. The van der Waals surface area contributed by atoms with E-state index >= 15 is 0 Å². The summed E-state index contributed by atoms with van der Waals surface area (Å²) in [7, 11) is 1.63.